The van der Waals surface area contributed by atoms with Gasteiger partial charge in [-0.15, -0.1) is 11.3 Å². The Morgan fingerprint density at radius 2 is 1.95 bits per heavy atom. The van der Waals surface area contributed by atoms with E-state index in [-0.39, 0.29) is 0 Å². The minimum absolute atomic E-state index is 0.573. The number of aryl methyl sites for hydroxylation is 1. The summed E-state index contributed by atoms with van der Waals surface area (Å²) in [6.07, 6.45) is 0. The third-order valence-electron chi connectivity index (χ3n) is 3.03. The van der Waals surface area contributed by atoms with Gasteiger partial charge in [-0.2, -0.15) is 0 Å². The normalized spacial score (nSPS) is 15.4. The number of benzene rings is 1. The molecule has 1 aromatic carbocycles. The first-order chi connectivity index (χ1) is 9.43. The average molecular weight is 354 g/mol. The van der Waals surface area contributed by atoms with Gasteiger partial charge in [0.2, 0.25) is 5.79 Å². The minimum atomic E-state index is -0.573. The van der Waals surface area contributed by atoms with E-state index in [9.17, 15) is 0 Å². The van der Waals surface area contributed by atoms with E-state index in [1.54, 1.807) is 11.3 Å². The fourth-order valence-corrected chi connectivity index (χ4v) is 3.67. The van der Waals surface area contributed by atoms with Gasteiger partial charge in [0.25, 0.3) is 0 Å². The van der Waals surface area contributed by atoms with Gasteiger partial charge in [0, 0.05) is 46.4 Å². The molecule has 0 unspecified atom stereocenters. The second-order valence-corrected chi connectivity index (χ2v) is 7.43. The molecule has 0 radical (unpaired) electrons. The molecule has 1 N–H and O–H groups in total. The molecule has 0 aliphatic carbocycles. The molecule has 3 rings (SSSR count). The van der Waals surface area contributed by atoms with Crippen molar-refractivity contribution >= 4 is 33.0 Å². The summed E-state index contributed by atoms with van der Waals surface area (Å²) in [5.41, 5.74) is 1.03. The van der Waals surface area contributed by atoms with E-state index in [0.717, 1.165) is 23.7 Å². The zero-order valence-electron chi connectivity index (χ0n) is 11.6. The fraction of sp³-hybridized carbons (Fsp3) is 0.333. The number of hydrogen-bond donors (Lipinski definition) is 1. The topological polar surface area (TPSA) is 30.5 Å². The van der Waals surface area contributed by atoms with Gasteiger partial charge in [0.15, 0.2) is 11.5 Å². The predicted octanol–water partition coefficient (Wildman–Crippen LogP) is 4.94. The highest BCUT2D eigenvalue weighted by Crippen LogP contribution is 2.40. The van der Waals surface area contributed by atoms with Gasteiger partial charge in [-0.3, -0.25) is 0 Å². The Bertz CT molecular complexity index is 632. The molecule has 3 nitrogen and oxygen atoms in total. The zero-order chi connectivity index (χ0) is 14.3. The van der Waals surface area contributed by atoms with Crippen molar-refractivity contribution in [1.82, 2.24) is 0 Å². The third-order valence-corrected chi connectivity index (χ3v) is 5.17. The van der Waals surface area contributed by atoms with Crippen LogP contribution in [0.1, 0.15) is 23.6 Å². The summed E-state index contributed by atoms with van der Waals surface area (Å²) in [4.78, 5) is 2.60. The summed E-state index contributed by atoms with van der Waals surface area (Å²) in [6, 6.07) is 8.10. The number of hydrogen-bond acceptors (Lipinski definition) is 4. The lowest BCUT2D eigenvalue weighted by atomic mass is 10.2. The van der Waals surface area contributed by atoms with Gasteiger partial charge in [-0.05, 0) is 41.1 Å². The third kappa shape index (κ3) is 2.79. The van der Waals surface area contributed by atoms with Gasteiger partial charge in [-0.25, -0.2) is 0 Å². The van der Waals surface area contributed by atoms with Crippen LogP contribution in [-0.2, 0) is 6.54 Å². The molecule has 0 spiro atoms. The van der Waals surface area contributed by atoms with Gasteiger partial charge >= 0.3 is 0 Å². The van der Waals surface area contributed by atoms with Crippen LogP contribution in [0, 0.1) is 6.92 Å². The molecule has 0 bridgehead atoms. The van der Waals surface area contributed by atoms with E-state index in [1.165, 1.54) is 14.2 Å². The van der Waals surface area contributed by atoms with Crippen molar-refractivity contribution in [3.05, 3.63) is 38.5 Å². The van der Waals surface area contributed by atoms with E-state index < -0.39 is 5.79 Å². The maximum atomic E-state index is 5.74. The molecule has 1 aromatic heterocycles. The summed E-state index contributed by atoms with van der Waals surface area (Å²) in [7, 11) is 0. The lowest BCUT2D eigenvalue weighted by Gasteiger charge is -2.16. The van der Waals surface area contributed by atoms with Crippen molar-refractivity contribution < 1.29 is 9.47 Å². The number of fused-ring (bicyclic) bond motifs is 1. The van der Waals surface area contributed by atoms with E-state index in [0.29, 0.717) is 0 Å². The van der Waals surface area contributed by atoms with Crippen molar-refractivity contribution in [2.45, 2.75) is 33.1 Å². The van der Waals surface area contributed by atoms with Gasteiger partial charge in [0.05, 0.1) is 0 Å². The highest BCUT2D eigenvalue weighted by atomic mass is 79.9. The smallest absolute Gasteiger partial charge is 0.246 e. The van der Waals surface area contributed by atoms with Crippen LogP contribution in [0.3, 0.4) is 0 Å². The molecule has 2 aromatic rings. The molecule has 106 valence electrons. The monoisotopic (exact) mass is 353 g/mol. The first kappa shape index (κ1) is 13.8. The fourth-order valence-electron chi connectivity index (χ4n) is 2.13. The molecule has 1 aliphatic heterocycles. The first-order valence-corrected chi connectivity index (χ1v) is 8.05. The lowest BCUT2D eigenvalue weighted by molar-refractivity contribution is -0.0431. The van der Waals surface area contributed by atoms with Gasteiger partial charge in [0.1, 0.15) is 0 Å². The van der Waals surface area contributed by atoms with Crippen LogP contribution in [0.25, 0.3) is 0 Å². The van der Waals surface area contributed by atoms with Crippen molar-refractivity contribution in [2.75, 3.05) is 5.32 Å². The van der Waals surface area contributed by atoms with E-state index in [4.69, 9.17) is 9.47 Å². The first-order valence-electron chi connectivity index (χ1n) is 6.44. The van der Waals surface area contributed by atoms with E-state index >= 15 is 0 Å². The van der Waals surface area contributed by atoms with Crippen LogP contribution in [0.2, 0.25) is 0 Å². The standard InChI is InChI=1S/C15H16BrNO2S/c1-9-12(16)7-11(20-9)8-17-10-4-5-13-14(6-10)19-15(2,3)18-13/h4-7,17H,8H2,1-3H3. The van der Waals surface area contributed by atoms with E-state index in [2.05, 4.69) is 34.2 Å². The summed E-state index contributed by atoms with van der Waals surface area (Å²) in [5.74, 6) is 1.02. The average Bonchev–Trinajstić information content (AvgIpc) is 2.84. The molecular weight excluding hydrogens is 338 g/mol. The summed E-state index contributed by atoms with van der Waals surface area (Å²) < 4.78 is 12.6. The van der Waals surface area contributed by atoms with Crippen LogP contribution >= 0.6 is 27.3 Å². The van der Waals surface area contributed by atoms with Crippen LogP contribution in [0.5, 0.6) is 11.5 Å². The van der Waals surface area contributed by atoms with Gasteiger partial charge < -0.3 is 14.8 Å². The Morgan fingerprint density at radius 3 is 2.65 bits per heavy atom. The highest BCUT2D eigenvalue weighted by molar-refractivity contribution is 9.10. The molecule has 0 amide bonds. The molecule has 0 saturated carbocycles. The molecule has 5 heteroatoms. The maximum Gasteiger partial charge on any atom is 0.246 e. The number of anilines is 1. The van der Waals surface area contributed by atoms with Crippen LogP contribution in [0.15, 0.2) is 28.7 Å². The number of halogens is 1. The summed E-state index contributed by atoms with van der Waals surface area (Å²) >= 11 is 5.33. The minimum Gasteiger partial charge on any atom is -0.449 e. The van der Waals surface area contributed by atoms with Gasteiger partial charge in [-0.1, -0.05) is 0 Å². The highest BCUT2D eigenvalue weighted by Gasteiger charge is 2.31. The molecule has 0 atom stereocenters. The summed E-state index contributed by atoms with van der Waals surface area (Å²) in [6.45, 7) is 6.74. The molecule has 20 heavy (non-hydrogen) atoms. The second kappa shape index (κ2) is 4.97. The molecule has 0 saturated heterocycles. The van der Waals surface area contributed by atoms with Crippen LogP contribution in [0.4, 0.5) is 5.69 Å². The Labute approximate surface area is 131 Å². The Morgan fingerprint density at radius 1 is 1.20 bits per heavy atom. The largest absolute Gasteiger partial charge is 0.449 e. The Balaban J connectivity index is 1.70. The van der Waals surface area contributed by atoms with Crippen molar-refractivity contribution in [3.63, 3.8) is 0 Å². The number of rotatable bonds is 3. The molecule has 0 fully saturated rings. The lowest BCUT2D eigenvalue weighted by Crippen LogP contribution is -2.29. The van der Waals surface area contributed by atoms with Crippen LogP contribution < -0.4 is 14.8 Å². The summed E-state index contributed by atoms with van der Waals surface area (Å²) in [5, 5.41) is 3.41. The number of nitrogens with one attached hydrogen (secondary N) is 1. The van der Waals surface area contributed by atoms with Crippen molar-refractivity contribution in [3.8, 4) is 11.5 Å². The molecular formula is C15H16BrNO2S. The van der Waals surface area contributed by atoms with Crippen molar-refractivity contribution in [1.29, 1.82) is 0 Å². The zero-order valence-corrected chi connectivity index (χ0v) is 14.0. The quantitative estimate of drug-likeness (QED) is 0.847. The SMILES string of the molecule is Cc1sc(CNc2ccc3c(c2)OC(C)(C)O3)cc1Br. The Hall–Kier alpha value is -1.20. The number of ether oxygens (including phenoxy) is 2. The second-order valence-electron chi connectivity index (χ2n) is 5.24. The Kier molecular flexibility index (Phi) is 3.42. The predicted molar refractivity (Wildman–Crippen MR) is 85.9 cm³/mol. The molecule has 1 aliphatic rings. The van der Waals surface area contributed by atoms with E-state index in [1.807, 2.05) is 32.0 Å². The maximum absolute atomic E-state index is 5.74. The molecule has 2 heterocycles. The van der Waals surface area contributed by atoms with Crippen molar-refractivity contribution in [2.24, 2.45) is 0 Å². The number of thiophene rings is 1. The van der Waals surface area contributed by atoms with Crippen LogP contribution in [-0.4, -0.2) is 5.79 Å².